The largest absolute Gasteiger partial charge is 0.300 e. The highest BCUT2D eigenvalue weighted by molar-refractivity contribution is 5.78. The monoisotopic (exact) mass is 194 g/mol. The maximum Gasteiger partial charge on any atom is 0.133 e. The number of rotatable bonds is 6. The summed E-state index contributed by atoms with van der Waals surface area (Å²) in [6.07, 6.45) is 8.63. The van der Waals surface area contributed by atoms with E-state index in [4.69, 9.17) is 0 Å². The first-order valence-electron chi connectivity index (χ1n) is 5.93. The molecule has 1 heteroatoms. The molecular weight excluding hydrogens is 172 g/mol. The van der Waals surface area contributed by atoms with Gasteiger partial charge < -0.3 is 0 Å². The van der Waals surface area contributed by atoms with Crippen molar-refractivity contribution >= 4 is 5.78 Å². The molecule has 14 heavy (non-hydrogen) atoms. The number of carbonyl (C=O) groups is 1. The van der Waals surface area contributed by atoms with Gasteiger partial charge in [-0.1, -0.05) is 24.5 Å². The van der Waals surface area contributed by atoms with Crippen LogP contribution in [0.4, 0.5) is 0 Å². The van der Waals surface area contributed by atoms with Gasteiger partial charge in [0.25, 0.3) is 0 Å². The summed E-state index contributed by atoms with van der Waals surface area (Å²) < 4.78 is 0. The molecule has 0 bridgehead atoms. The van der Waals surface area contributed by atoms with Gasteiger partial charge in [-0.2, -0.15) is 0 Å². The third-order valence-electron chi connectivity index (χ3n) is 3.15. The smallest absolute Gasteiger partial charge is 0.133 e. The average molecular weight is 194 g/mol. The lowest BCUT2D eigenvalue weighted by molar-refractivity contribution is -0.119. The molecule has 0 saturated heterocycles. The van der Waals surface area contributed by atoms with Crippen molar-refractivity contribution in [2.75, 3.05) is 0 Å². The van der Waals surface area contributed by atoms with E-state index in [0.717, 1.165) is 32.1 Å². The lowest BCUT2D eigenvalue weighted by Gasteiger charge is -2.03. The quantitative estimate of drug-likeness (QED) is 0.583. The maximum atomic E-state index is 11.4. The Bertz CT molecular complexity index is 225. The van der Waals surface area contributed by atoms with Crippen LogP contribution in [0.1, 0.15) is 65.2 Å². The first-order chi connectivity index (χ1) is 6.74. The molecule has 0 fully saturated rings. The molecule has 0 amide bonds. The minimum absolute atomic E-state index is 0.457. The Morgan fingerprint density at radius 2 is 2.07 bits per heavy atom. The van der Waals surface area contributed by atoms with Crippen LogP contribution in [-0.2, 0) is 4.79 Å². The van der Waals surface area contributed by atoms with Crippen LogP contribution >= 0.6 is 0 Å². The molecule has 0 aromatic heterocycles. The van der Waals surface area contributed by atoms with E-state index >= 15 is 0 Å². The van der Waals surface area contributed by atoms with E-state index in [1.807, 2.05) is 0 Å². The molecule has 1 aliphatic carbocycles. The van der Waals surface area contributed by atoms with Crippen molar-refractivity contribution < 1.29 is 4.79 Å². The fraction of sp³-hybridized carbons (Fsp3) is 0.769. The van der Waals surface area contributed by atoms with E-state index in [-0.39, 0.29) is 0 Å². The SMILES string of the molecule is CCCCC(=O)CCC1=C(C)CCC1. The van der Waals surface area contributed by atoms with Crippen LogP contribution in [0, 0.1) is 0 Å². The summed E-state index contributed by atoms with van der Waals surface area (Å²) in [5, 5.41) is 0. The number of allylic oxidation sites excluding steroid dienone is 2. The molecule has 1 nitrogen and oxygen atoms in total. The van der Waals surface area contributed by atoms with Crippen LogP contribution in [0.3, 0.4) is 0 Å². The summed E-state index contributed by atoms with van der Waals surface area (Å²) in [5.74, 6) is 0.457. The zero-order chi connectivity index (χ0) is 10.4. The van der Waals surface area contributed by atoms with Crippen LogP contribution in [-0.4, -0.2) is 5.78 Å². The summed E-state index contributed by atoms with van der Waals surface area (Å²) in [5.41, 5.74) is 3.11. The zero-order valence-corrected chi connectivity index (χ0v) is 9.57. The Balaban J connectivity index is 2.20. The lowest BCUT2D eigenvalue weighted by Crippen LogP contribution is -1.98. The predicted octanol–water partition coefficient (Wildman–Crippen LogP) is 4.03. The Hall–Kier alpha value is -0.590. The Morgan fingerprint density at radius 3 is 2.64 bits per heavy atom. The van der Waals surface area contributed by atoms with Gasteiger partial charge in [0, 0.05) is 12.8 Å². The van der Waals surface area contributed by atoms with Crippen LogP contribution in [0.2, 0.25) is 0 Å². The van der Waals surface area contributed by atoms with E-state index in [9.17, 15) is 4.79 Å². The van der Waals surface area contributed by atoms with E-state index in [1.165, 1.54) is 19.3 Å². The molecule has 0 radical (unpaired) electrons. The van der Waals surface area contributed by atoms with Gasteiger partial charge in [0.2, 0.25) is 0 Å². The van der Waals surface area contributed by atoms with E-state index < -0.39 is 0 Å². The fourth-order valence-corrected chi connectivity index (χ4v) is 2.08. The molecule has 0 aromatic rings. The minimum atomic E-state index is 0.457. The molecule has 1 aliphatic rings. The molecular formula is C13H22O. The highest BCUT2D eigenvalue weighted by Gasteiger charge is 2.11. The number of hydrogen-bond donors (Lipinski definition) is 0. The van der Waals surface area contributed by atoms with Crippen molar-refractivity contribution in [3.63, 3.8) is 0 Å². The van der Waals surface area contributed by atoms with Gasteiger partial charge in [0.15, 0.2) is 0 Å². The number of ketones is 1. The third kappa shape index (κ3) is 3.65. The van der Waals surface area contributed by atoms with E-state index in [1.54, 1.807) is 11.1 Å². The molecule has 0 atom stereocenters. The average Bonchev–Trinajstić information content (AvgIpc) is 2.58. The van der Waals surface area contributed by atoms with Crippen molar-refractivity contribution in [3.05, 3.63) is 11.1 Å². The summed E-state index contributed by atoms with van der Waals surface area (Å²) in [6, 6.07) is 0. The number of unbranched alkanes of at least 4 members (excludes halogenated alkanes) is 1. The second-order valence-corrected chi connectivity index (χ2v) is 4.38. The second kappa shape index (κ2) is 6.00. The maximum absolute atomic E-state index is 11.4. The summed E-state index contributed by atoms with van der Waals surface area (Å²) in [7, 11) is 0. The van der Waals surface area contributed by atoms with Crippen LogP contribution < -0.4 is 0 Å². The van der Waals surface area contributed by atoms with Gasteiger partial charge in [-0.15, -0.1) is 0 Å². The van der Waals surface area contributed by atoms with Crippen molar-refractivity contribution in [2.45, 2.75) is 65.2 Å². The molecule has 0 unspecified atom stereocenters. The predicted molar refractivity (Wildman–Crippen MR) is 60.3 cm³/mol. The van der Waals surface area contributed by atoms with Gasteiger partial charge in [-0.05, 0) is 39.0 Å². The van der Waals surface area contributed by atoms with Crippen LogP contribution in [0.25, 0.3) is 0 Å². The number of hydrogen-bond acceptors (Lipinski definition) is 1. The lowest BCUT2D eigenvalue weighted by atomic mass is 10.0. The van der Waals surface area contributed by atoms with Gasteiger partial charge >= 0.3 is 0 Å². The Kier molecular flexibility index (Phi) is 4.92. The second-order valence-electron chi connectivity index (χ2n) is 4.38. The molecule has 0 spiro atoms. The molecule has 0 heterocycles. The zero-order valence-electron chi connectivity index (χ0n) is 9.57. The van der Waals surface area contributed by atoms with Crippen molar-refractivity contribution in [2.24, 2.45) is 0 Å². The first kappa shape index (κ1) is 11.5. The highest BCUT2D eigenvalue weighted by Crippen LogP contribution is 2.28. The van der Waals surface area contributed by atoms with E-state index in [0.29, 0.717) is 5.78 Å². The summed E-state index contributed by atoms with van der Waals surface area (Å²) >= 11 is 0. The summed E-state index contributed by atoms with van der Waals surface area (Å²) in [6.45, 7) is 4.36. The van der Waals surface area contributed by atoms with Crippen LogP contribution in [0.5, 0.6) is 0 Å². The highest BCUT2D eigenvalue weighted by atomic mass is 16.1. The molecule has 0 aliphatic heterocycles. The standard InChI is InChI=1S/C13H22O/c1-3-4-8-13(14)10-9-12-7-5-6-11(12)2/h3-10H2,1-2H3. The Labute approximate surface area is 87.6 Å². The fourth-order valence-electron chi connectivity index (χ4n) is 2.08. The van der Waals surface area contributed by atoms with Gasteiger partial charge in [-0.3, -0.25) is 4.79 Å². The molecule has 0 saturated carbocycles. The minimum Gasteiger partial charge on any atom is -0.300 e. The molecule has 0 aromatic carbocycles. The van der Waals surface area contributed by atoms with Gasteiger partial charge in [-0.25, -0.2) is 0 Å². The normalized spacial score (nSPS) is 16.4. The van der Waals surface area contributed by atoms with Crippen molar-refractivity contribution in [1.29, 1.82) is 0 Å². The van der Waals surface area contributed by atoms with E-state index in [2.05, 4.69) is 13.8 Å². The number of carbonyl (C=O) groups excluding carboxylic acids is 1. The Morgan fingerprint density at radius 1 is 1.29 bits per heavy atom. The molecule has 1 rings (SSSR count). The first-order valence-corrected chi connectivity index (χ1v) is 5.93. The van der Waals surface area contributed by atoms with Gasteiger partial charge in [0.1, 0.15) is 5.78 Å². The third-order valence-corrected chi connectivity index (χ3v) is 3.15. The molecule has 0 N–H and O–H groups in total. The van der Waals surface area contributed by atoms with Crippen molar-refractivity contribution in [1.82, 2.24) is 0 Å². The van der Waals surface area contributed by atoms with Crippen molar-refractivity contribution in [3.8, 4) is 0 Å². The molecule has 80 valence electrons. The summed E-state index contributed by atoms with van der Waals surface area (Å²) in [4.78, 5) is 11.4. The van der Waals surface area contributed by atoms with Gasteiger partial charge in [0.05, 0.1) is 0 Å². The number of Topliss-reactive ketones (excluding diaryl/α,β-unsaturated/α-hetero) is 1. The van der Waals surface area contributed by atoms with Crippen LogP contribution in [0.15, 0.2) is 11.1 Å². The topological polar surface area (TPSA) is 17.1 Å².